The van der Waals surface area contributed by atoms with Gasteiger partial charge in [-0.05, 0) is 31.1 Å². The molecule has 0 aliphatic rings. The zero-order valence-corrected chi connectivity index (χ0v) is 13.3. The van der Waals surface area contributed by atoms with Crippen molar-refractivity contribution >= 4 is 12.0 Å². The summed E-state index contributed by atoms with van der Waals surface area (Å²) in [5, 5.41) is 0. The van der Waals surface area contributed by atoms with E-state index in [0.29, 0.717) is 12.1 Å². The molecule has 0 aliphatic carbocycles. The molecule has 0 heterocycles. The van der Waals surface area contributed by atoms with Gasteiger partial charge in [-0.1, -0.05) is 57.3 Å². The Kier molecular flexibility index (Phi) is 6.89. The summed E-state index contributed by atoms with van der Waals surface area (Å²) in [5.74, 6) is -0.340. The molecule has 1 unspecified atom stereocenters. The normalized spacial score (nSPS) is 12.0. The molecule has 1 aromatic rings. The minimum atomic E-state index is -0.340. The van der Waals surface area contributed by atoms with Crippen LogP contribution in [-0.2, 0) is 9.53 Å². The summed E-state index contributed by atoms with van der Waals surface area (Å²) in [5.41, 5.74) is 2.42. The van der Waals surface area contributed by atoms with Crippen molar-refractivity contribution in [1.29, 1.82) is 0 Å². The van der Waals surface area contributed by atoms with Crippen molar-refractivity contribution in [1.82, 2.24) is 4.90 Å². The molecule has 0 amide bonds. The van der Waals surface area contributed by atoms with E-state index < -0.39 is 0 Å². The molecule has 21 heavy (non-hydrogen) atoms. The molecule has 0 saturated carbocycles. The minimum absolute atomic E-state index is 0.319. The predicted octanol–water partition coefficient (Wildman–Crippen LogP) is 3.83. The van der Waals surface area contributed by atoms with Gasteiger partial charge in [0.15, 0.2) is 0 Å². The fraction of sp³-hybridized carbons (Fsp3) is 0.389. The first kappa shape index (κ1) is 17.2. The van der Waals surface area contributed by atoms with Gasteiger partial charge in [-0.2, -0.15) is 0 Å². The summed E-state index contributed by atoms with van der Waals surface area (Å²) in [7, 11) is 0. The van der Waals surface area contributed by atoms with Crippen LogP contribution in [0.3, 0.4) is 0 Å². The molecular weight excluding hydrogens is 262 g/mol. The minimum Gasteiger partial charge on any atom is -0.454 e. The SMILES string of the molecule is C=Cc1ccccc1C(C)OC(=O)C(=C)CN(CC)CC. The molecule has 3 nitrogen and oxygen atoms in total. The van der Waals surface area contributed by atoms with Crippen LogP contribution < -0.4 is 0 Å². The van der Waals surface area contributed by atoms with Crippen molar-refractivity contribution in [3.63, 3.8) is 0 Å². The molecule has 0 saturated heterocycles. The van der Waals surface area contributed by atoms with Gasteiger partial charge >= 0.3 is 5.97 Å². The van der Waals surface area contributed by atoms with Gasteiger partial charge in [0.1, 0.15) is 6.10 Å². The zero-order valence-electron chi connectivity index (χ0n) is 13.3. The molecule has 0 radical (unpaired) electrons. The number of benzene rings is 1. The fourth-order valence-electron chi connectivity index (χ4n) is 2.16. The van der Waals surface area contributed by atoms with E-state index in [-0.39, 0.29) is 12.1 Å². The topological polar surface area (TPSA) is 29.5 Å². The van der Waals surface area contributed by atoms with Crippen LogP contribution in [0.4, 0.5) is 0 Å². The lowest BCUT2D eigenvalue weighted by atomic mass is 10.0. The lowest BCUT2D eigenvalue weighted by Crippen LogP contribution is -2.28. The standard InChI is InChI=1S/C18H25NO2/c1-6-16-11-9-10-12-17(16)15(5)21-18(20)14(4)13-19(7-2)8-3/h6,9-12,15H,1,4,7-8,13H2,2-3,5H3. The first-order valence-electron chi connectivity index (χ1n) is 7.35. The summed E-state index contributed by atoms with van der Waals surface area (Å²) in [6.45, 7) is 15.9. The van der Waals surface area contributed by atoms with Gasteiger partial charge in [0.05, 0.1) is 0 Å². The highest BCUT2D eigenvalue weighted by molar-refractivity contribution is 5.88. The Labute approximate surface area is 127 Å². The summed E-state index contributed by atoms with van der Waals surface area (Å²) in [6, 6.07) is 7.77. The number of esters is 1. The summed E-state index contributed by atoms with van der Waals surface area (Å²) >= 11 is 0. The highest BCUT2D eigenvalue weighted by Crippen LogP contribution is 2.22. The van der Waals surface area contributed by atoms with E-state index in [4.69, 9.17) is 4.74 Å². The first-order chi connectivity index (χ1) is 10.0. The number of likely N-dealkylation sites (N-methyl/N-ethyl adjacent to an activating group) is 1. The van der Waals surface area contributed by atoms with E-state index in [1.807, 2.05) is 31.2 Å². The number of rotatable bonds is 8. The number of hydrogen-bond donors (Lipinski definition) is 0. The maximum atomic E-state index is 12.1. The largest absolute Gasteiger partial charge is 0.454 e. The van der Waals surface area contributed by atoms with Crippen molar-refractivity contribution in [2.24, 2.45) is 0 Å². The lowest BCUT2D eigenvalue weighted by Gasteiger charge is -2.21. The number of nitrogens with zero attached hydrogens (tertiary/aromatic N) is 1. The van der Waals surface area contributed by atoms with E-state index in [1.54, 1.807) is 6.08 Å². The van der Waals surface area contributed by atoms with Crippen LogP contribution in [0.5, 0.6) is 0 Å². The van der Waals surface area contributed by atoms with Crippen molar-refractivity contribution in [2.45, 2.75) is 26.9 Å². The third-order valence-corrected chi connectivity index (χ3v) is 3.54. The van der Waals surface area contributed by atoms with Crippen LogP contribution in [0.15, 0.2) is 43.0 Å². The third-order valence-electron chi connectivity index (χ3n) is 3.54. The predicted molar refractivity (Wildman–Crippen MR) is 88.0 cm³/mol. The van der Waals surface area contributed by atoms with Crippen LogP contribution in [0, 0.1) is 0 Å². The van der Waals surface area contributed by atoms with Crippen molar-refractivity contribution in [3.05, 3.63) is 54.1 Å². The van der Waals surface area contributed by atoms with E-state index in [0.717, 1.165) is 24.2 Å². The Morgan fingerprint density at radius 1 is 1.33 bits per heavy atom. The van der Waals surface area contributed by atoms with Crippen molar-refractivity contribution < 1.29 is 9.53 Å². The monoisotopic (exact) mass is 287 g/mol. The average molecular weight is 287 g/mol. The molecule has 0 bridgehead atoms. The summed E-state index contributed by atoms with van der Waals surface area (Å²) < 4.78 is 5.52. The van der Waals surface area contributed by atoms with E-state index in [9.17, 15) is 4.79 Å². The molecule has 3 heteroatoms. The molecule has 0 aliphatic heterocycles. The van der Waals surface area contributed by atoms with Gasteiger partial charge < -0.3 is 4.74 Å². The summed E-state index contributed by atoms with van der Waals surface area (Å²) in [6.07, 6.45) is 1.45. The van der Waals surface area contributed by atoms with Crippen LogP contribution in [0.2, 0.25) is 0 Å². The second-order valence-electron chi connectivity index (χ2n) is 4.95. The van der Waals surface area contributed by atoms with Gasteiger partial charge in [0.2, 0.25) is 0 Å². The maximum Gasteiger partial charge on any atom is 0.335 e. The van der Waals surface area contributed by atoms with Crippen LogP contribution >= 0.6 is 0 Å². The quantitative estimate of drug-likeness (QED) is 0.537. The Bertz CT molecular complexity index is 504. The second kappa shape index (κ2) is 8.42. The van der Waals surface area contributed by atoms with Gasteiger partial charge in [0, 0.05) is 12.1 Å². The Morgan fingerprint density at radius 3 is 2.52 bits per heavy atom. The Morgan fingerprint density at radius 2 is 1.95 bits per heavy atom. The van der Waals surface area contributed by atoms with Crippen LogP contribution in [0.1, 0.15) is 38.0 Å². The van der Waals surface area contributed by atoms with Crippen molar-refractivity contribution in [3.8, 4) is 0 Å². The first-order valence-corrected chi connectivity index (χ1v) is 7.35. The molecule has 0 fully saturated rings. The van der Waals surface area contributed by atoms with Crippen LogP contribution in [0.25, 0.3) is 6.08 Å². The van der Waals surface area contributed by atoms with Gasteiger partial charge in [-0.3, -0.25) is 4.90 Å². The average Bonchev–Trinajstić information content (AvgIpc) is 2.51. The third kappa shape index (κ3) is 4.87. The Hall–Kier alpha value is -1.87. The molecule has 0 aromatic heterocycles. The molecule has 114 valence electrons. The Balaban J connectivity index is 2.69. The van der Waals surface area contributed by atoms with Crippen LogP contribution in [-0.4, -0.2) is 30.5 Å². The molecule has 1 atom stereocenters. The van der Waals surface area contributed by atoms with E-state index >= 15 is 0 Å². The summed E-state index contributed by atoms with van der Waals surface area (Å²) in [4.78, 5) is 14.3. The van der Waals surface area contributed by atoms with Gasteiger partial charge in [-0.15, -0.1) is 0 Å². The number of carbonyl (C=O) groups is 1. The molecule has 0 N–H and O–H groups in total. The molecule has 1 aromatic carbocycles. The smallest absolute Gasteiger partial charge is 0.335 e. The molecule has 0 spiro atoms. The molecule has 1 rings (SSSR count). The number of ether oxygens (including phenoxy) is 1. The zero-order chi connectivity index (χ0) is 15.8. The lowest BCUT2D eigenvalue weighted by molar-refractivity contribution is -0.144. The number of carbonyl (C=O) groups excluding carboxylic acids is 1. The van der Waals surface area contributed by atoms with Gasteiger partial charge in [0.25, 0.3) is 0 Å². The highest BCUT2D eigenvalue weighted by atomic mass is 16.5. The van der Waals surface area contributed by atoms with E-state index in [1.165, 1.54) is 0 Å². The van der Waals surface area contributed by atoms with Crippen molar-refractivity contribution in [2.75, 3.05) is 19.6 Å². The van der Waals surface area contributed by atoms with E-state index in [2.05, 4.69) is 31.9 Å². The second-order valence-corrected chi connectivity index (χ2v) is 4.95. The fourth-order valence-corrected chi connectivity index (χ4v) is 2.16. The van der Waals surface area contributed by atoms with Gasteiger partial charge in [-0.25, -0.2) is 4.79 Å². The molecular formula is C18H25NO2. The maximum absolute atomic E-state index is 12.1. The highest BCUT2D eigenvalue weighted by Gasteiger charge is 2.17. The number of hydrogen-bond acceptors (Lipinski definition) is 3.